The third-order valence-electron chi connectivity index (χ3n) is 6.07. The first-order chi connectivity index (χ1) is 19.7. The number of carbonyl (C=O) groups is 5. The fourth-order valence-corrected chi connectivity index (χ4v) is 4.79. The van der Waals surface area contributed by atoms with Crippen LogP contribution < -0.4 is 26.4 Å². The van der Waals surface area contributed by atoms with Crippen molar-refractivity contribution in [1.82, 2.24) is 16.0 Å². The number of hydrogen-bond donors (Lipinski definition) is 4. The number of unbranched alkanes of at least 4 members (excludes halogenated alkanes) is 8. The van der Waals surface area contributed by atoms with E-state index in [4.69, 9.17) is 10.5 Å². The lowest BCUT2D eigenvalue weighted by molar-refractivity contribution is -0.130. The predicted octanol–water partition coefficient (Wildman–Crippen LogP) is 2.62. The number of benzene rings is 1. The number of hydrogen-bond acceptors (Lipinski definition) is 7. The molecule has 0 aliphatic heterocycles. The molecule has 0 aromatic heterocycles. The summed E-state index contributed by atoms with van der Waals surface area (Å²) >= 11 is 1.48. The summed E-state index contributed by atoms with van der Waals surface area (Å²) < 4.78 is 5.18. The second-order valence-electron chi connectivity index (χ2n) is 9.59. The van der Waals surface area contributed by atoms with E-state index in [1.54, 1.807) is 7.11 Å². The minimum Gasteiger partial charge on any atom is -0.497 e. The highest BCUT2D eigenvalue weighted by Gasteiger charge is 2.21. The van der Waals surface area contributed by atoms with Crippen molar-refractivity contribution in [3.63, 3.8) is 0 Å². The largest absolute Gasteiger partial charge is 0.497 e. The zero-order valence-electron chi connectivity index (χ0n) is 24.2. The summed E-state index contributed by atoms with van der Waals surface area (Å²) in [7, 11) is 1.60. The Hall–Kier alpha value is -3.52. The average molecular weight is 589 g/mol. The number of carbonyl (C=O) groups excluding carboxylic acids is 5. The van der Waals surface area contributed by atoms with Crippen LogP contribution >= 0.6 is 11.8 Å². The number of primary amides is 1. The van der Waals surface area contributed by atoms with Crippen molar-refractivity contribution >= 4 is 41.2 Å². The molecule has 1 unspecified atom stereocenters. The number of methoxy groups -OCH3 is 1. The first-order valence-electron chi connectivity index (χ1n) is 14.1. The number of rotatable bonds is 21. The van der Waals surface area contributed by atoms with Crippen LogP contribution in [0.2, 0.25) is 0 Å². The number of ether oxygens (including phenoxy) is 1. The van der Waals surface area contributed by atoms with E-state index in [-0.39, 0.29) is 12.5 Å². The van der Waals surface area contributed by atoms with Gasteiger partial charge in [0.05, 0.1) is 20.2 Å². The Bertz CT molecular complexity index is 1040. The van der Waals surface area contributed by atoms with Gasteiger partial charge < -0.3 is 26.4 Å². The number of nitrogens with two attached hydrogens (primary N) is 1. The number of amides is 4. The molecule has 0 fully saturated rings. The minimum absolute atomic E-state index is 0.207. The van der Waals surface area contributed by atoms with Crippen molar-refractivity contribution in [3.05, 3.63) is 29.8 Å². The molecular formula is C30H44N4O6S. The van der Waals surface area contributed by atoms with Crippen molar-refractivity contribution in [3.8, 4) is 17.6 Å². The van der Waals surface area contributed by atoms with Crippen molar-refractivity contribution in [2.24, 2.45) is 5.73 Å². The standard InChI is InChI=1S/C30H44N4O6S/c1-3-4-5-6-7-8-9-10-11-12-28(37)34-26(22-41-21-23-13-16-25(40-2)17-14-23)30(39)33-20-29(38)32-19-24(35)15-18-27(31)36/h13-14,16-17,26H,3-12,19-22H2,1-2H3,(H2,31,36)(H,32,38)(H,33,39)(H,34,37). The molecule has 1 rings (SSSR count). The summed E-state index contributed by atoms with van der Waals surface area (Å²) in [5.41, 5.74) is 5.89. The van der Waals surface area contributed by atoms with Crippen molar-refractivity contribution < 1.29 is 28.7 Å². The Morgan fingerprint density at radius 2 is 1.49 bits per heavy atom. The van der Waals surface area contributed by atoms with Crippen molar-refractivity contribution in [2.45, 2.75) is 82.9 Å². The van der Waals surface area contributed by atoms with Gasteiger partial charge in [-0.3, -0.25) is 24.0 Å². The third-order valence-corrected chi connectivity index (χ3v) is 7.17. The molecule has 41 heavy (non-hydrogen) atoms. The lowest BCUT2D eigenvalue weighted by Gasteiger charge is -2.18. The molecule has 0 spiro atoms. The topological polar surface area (TPSA) is 157 Å². The maximum atomic E-state index is 12.9. The van der Waals surface area contributed by atoms with E-state index >= 15 is 0 Å². The second-order valence-corrected chi connectivity index (χ2v) is 10.6. The molecule has 0 bridgehead atoms. The minimum atomic E-state index is -0.951. The average Bonchev–Trinajstić information content (AvgIpc) is 2.96. The van der Waals surface area contributed by atoms with Gasteiger partial charge in [0.2, 0.25) is 23.5 Å². The summed E-state index contributed by atoms with van der Waals surface area (Å²) in [6, 6.07) is 6.75. The molecule has 1 aromatic carbocycles. The SMILES string of the molecule is CCCCCCCCCCCC(=O)NC(CSCc1ccc(OC)cc1)C(=O)NCC(=O)NCC(=O)C#CC(N)=O. The second kappa shape index (κ2) is 22.2. The van der Waals surface area contributed by atoms with E-state index in [2.05, 4.69) is 22.9 Å². The van der Waals surface area contributed by atoms with Gasteiger partial charge in [-0.05, 0) is 30.0 Å². The van der Waals surface area contributed by atoms with E-state index < -0.39 is 36.1 Å². The van der Waals surface area contributed by atoms with Gasteiger partial charge in [-0.1, -0.05) is 70.4 Å². The molecule has 4 amide bonds. The van der Waals surface area contributed by atoms with Gasteiger partial charge in [0.25, 0.3) is 5.91 Å². The van der Waals surface area contributed by atoms with Crippen LogP contribution in [0.25, 0.3) is 0 Å². The van der Waals surface area contributed by atoms with Gasteiger partial charge in [-0.25, -0.2) is 0 Å². The molecule has 0 aliphatic carbocycles. The maximum Gasteiger partial charge on any atom is 0.293 e. The number of ketones is 1. The van der Waals surface area contributed by atoms with Crippen molar-refractivity contribution in [2.75, 3.05) is 26.0 Å². The summed E-state index contributed by atoms with van der Waals surface area (Å²) in [6.07, 6.45) is 10.6. The summed E-state index contributed by atoms with van der Waals surface area (Å²) in [4.78, 5) is 59.7. The molecule has 1 atom stereocenters. The fraction of sp³-hybridized carbons (Fsp3) is 0.567. The maximum absolute atomic E-state index is 12.9. The van der Waals surface area contributed by atoms with E-state index in [9.17, 15) is 24.0 Å². The van der Waals surface area contributed by atoms with Crippen LogP contribution in [0.5, 0.6) is 5.75 Å². The lowest BCUT2D eigenvalue weighted by atomic mass is 10.1. The van der Waals surface area contributed by atoms with Gasteiger partial charge in [-0.2, -0.15) is 11.8 Å². The number of Topliss-reactive ketones (excluding diaryl/α,β-unsaturated/α-hetero) is 1. The highest BCUT2D eigenvalue weighted by atomic mass is 32.2. The Morgan fingerprint density at radius 3 is 2.10 bits per heavy atom. The monoisotopic (exact) mass is 588 g/mol. The van der Waals surface area contributed by atoms with E-state index in [0.717, 1.165) is 30.6 Å². The highest BCUT2D eigenvalue weighted by molar-refractivity contribution is 7.98. The third kappa shape index (κ3) is 18.5. The normalized spacial score (nSPS) is 11.0. The molecule has 0 saturated carbocycles. The molecule has 10 nitrogen and oxygen atoms in total. The summed E-state index contributed by atoms with van der Waals surface area (Å²) in [5.74, 6) is 2.61. The molecule has 0 saturated heterocycles. The lowest BCUT2D eigenvalue weighted by Crippen LogP contribution is -2.50. The molecular weight excluding hydrogens is 544 g/mol. The fourth-order valence-electron chi connectivity index (χ4n) is 3.77. The van der Waals surface area contributed by atoms with Crippen LogP contribution in [0.1, 0.15) is 76.7 Å². The van der Waals surface area contributed by atoms with E-state index in [1.807, 2.05) is 36.1 Å². The van der Waals surface area contributed by atoms with Crippen LogP contribution in [0, 0.1) is 11.8 Å². The van der Waals surface area contributed by atoms with Crippen LogP contribution in [0.3, 0.4) is 0 Å². The summed E-state index contributed by atoms with van der Waals surface area (Å²) in [5, 5.41) is 7.63. The molecule has 0 radical (unpaired) electrons. The predicted molar refractivity (Wildman–Crippen MR) is 161 cm³/mol. The zero-order valence-corrected chi connectivity index (χ0v) is 25.0. The quantitative estimate of drug-likeness (QED) is 0.0977. The van der Waals surface area contributed by atoms with Gasteiger partial charge in [0.1, 0.15) is 11.8 Å². The van der Waals surface area contributed by atoms with Crippen LogP contribution in [-0.2, 0) is 29.7 Å². The van der Waals surface area contributed by atoms with Crippen molar-refractivity contribution in [1.29, 1.82) is 0 Å². The summed E-state index contributed by atoms with van der Waals surface area (Å²) in [6.45, 7) is 1.39. The van der Waals surface area contributed by atoms with E-state index in [1.165, 1.54) is 50.3 Å². The Labute approximate surface area is 247 Å². The molecule has 11 heteroatoms. The van der Waals surface area contributed by atoms with Gasteiger partial charge in [-0.15, -0.1) is 0 Å². The molecule has 1 aromatic rings. The molecule has 0 heterocycles. The zero-order chi connectivity index (χ0) is 30.3. The Balaban J connectivity index is 2.54. The Kier molecular flexibility index (Phi) is 19.2. The highest BCUT2D eigenvalue weighted by Crippen LogP contribution is 2.17. The van der Waals surface area contributed by atoms with Gasteiger partial charge in [0, 0.05) is 23.8 Å². The number of nitrogens with one attached hydrogen (secondary N) is 3. The molecule has 226 valence electrons. The first-order valence-corrected chi connectivity index (χ1v) is 15.3. The van der Waals surface area contributed by atoms with Crippen LogP contribution in [0.4, 0.5) is 0 Å². The smallest absolute Gasteiger partial charge is 0.293 e. The van der Waals surface area contributed by atoms with Crippen LogP contribution in [0.15, 0.2) is 24.3 Å². The van der Waals surface area contributed by atoms with Gasteiger partial charge >= 0.3 is 0 Å². The number of thioether (sulfide) groups is 1. The van der Waals surface area contributed by atoms with Crippen LogP contribution in [-0.4, -0.2) is 61.4 Å². The Morgan fingerprint density at radius 1 is 0.854 bits per heavy atom. The van der Waals surface area contributed by atoms with Gasteiger partial charge in [0.15, 0.2) is 0 Å². The first kappa shape index (κ1) is 35.5. The molecule has 0 aliphatic rings. The van der Waals surface area contributed by atoms with E-state index in [0.29, 0.717) is 17.9 Å². The molecule has 5 N–H and O–H groups in total.